The first kappa shape index (κ1) is 20.7. The Morgan fingerprint density at radius 2 is 1.68 bits per heavy atom. The van der Waals surface area contributed by atoms with Crippen LogP contribution in [-0.4, -0.2) is 38.5 Å². The van der Waals surface area contributed by atoms with Crippen molar-refractivity contribution >= 4 is 17.7 Å². The summed E-state index contributed by atoms with van der Waals surface area (Å²) in [6.45, 7) is 0.0397. The first-order valence-corrected chi connectivity index (χ1v) is 8.24. The van der Waals surface area contributed by atoms with Gasteiger partial charge in [-0.3, -0.25) is 4.79 Å². The van der Waals surface area contributed by atoms with E-state index >= 15 is 0 Å². The molecule has 0 saturated heterocycles. The zero-order chi connectivity index (χ0) is 20.5. The van der Waals surface area contributed by atoms with Crippen LogP contribution in [0, 0.1) is 5.82 Å². The molecule has 0 aliphatic heterocycles. The molecule has 0 atom stereocenters. The summed E-state index contributed by atoms with van der Waals surface area (Å²) in [5.41, 5.74) is 6.42. The molecule has 3 N–H and O–H groups in total. The first-order chi connectivity index (χ1) is 13.4. The van der Waals surface area contributed by atoms with Crippen molar-refractivity contribution in [1.82, 2.24) is 5.32 Å². The van der Waals surface area contributed by atoms with Gasteiger partial charge in [0.1, 0.15) is 5.82 Å². The molecule has 0 aliphatic carbocycles. The molecule has 0 fully saturated rings. The van der Waals surface area contributed by atoms with E-state index in [1.54, 1.807) is 12.1 Å². The van der Waals surface area contributed by atoms with E-state index in [0.29, 0.717) is 22.6 Å². The first-order valence-electron chi connectivity index (χ1n) is 8.24. The summed E-state index contributed by atoms with van der Waals surface area (Å²) in [5, 5.41) is 6.09. The zero-order valence-electron chi connectivity index (χ0n) is 15.4. The van der Waals surface area contributed by atoms with Gasteiger partial charge in [0.05, 0.1) is 20.6 Å². The number of rotatable bonds is 8. The lowest BCUT2D eigenvalue weighted by Gasteiger charge is -2.09. The number of nitrogens with zero attached hydrogens (tertiary/aromatic N) is 1. The number of nitrogens with one attached hydrogen (secondary N) is 1. The summed E-state index contributed by atoms with van der Waals surface area (Å²) in [4.78, 5) is 28.5. The van der Waals surface area contributed by atoms with Crippen molar-refractivity contribution in [3.63, 3.8) is 0 Å². The highest BCUT2D eigenvalue weighted by atomic mass is 19.1. The van der Waals surface area contributed by atoms with Crippen LogP contribution in [0.3, 0.4) is 0 Å². The Balaban J connectivity index is 1.82. The lowest BCUT2D eigenvalue weighted by Crippen LogP contribution is -2.26. The number of methoxy groups -OCH3 is 2. The normalized spacial score (nSPS) is 10.9. The number of nitrogens with two attached hydrogens (primary N) is 1. The number of carbonyl (C=O) groups is 2. The Morgan fingerprint density at radius 3 is 2.32 bits per heavy atom. The van der Waals surface area contributed by atoms with E-state index in [4.69, 9.17) is 15.2 Å². The monoisotopic (exact) mass is 389 g/mol. The van der Waals surface area contributed by atoms with Gasteiger partial charge >= 0.3 is 5.97 Å². The minimum atomic E-state index is -0.683. The number of amides is 1. The number of benzene rings is 2. The molecule has 2 aromatic rings. The number of halogens is 1. The molecular weight excluding hydrogens is 369 g/mol. The van der Waals surface area contributed by atoms with E-state index in [1.807, 2.05) is 0 Å². The summed E-state index contributed by atoms with van der Waals surface area (Å²) >= 11 is 0. The molecule has 0 spiro atoms. The van der Waals surface area contributed by atoms with Gasteiger partial charge in [0.25, 0.3) is 5.91 Å². The minimum Gasteiger partial charge on any atom is -0.493 e. The quantitative estimate of drug-likeness (QED) is 0.308. The van der Waals surface area contributed by atoms with Gasteiger partial charge in [-0.1, -0.05) is 5.16 Å². The molecule has 0 saturated carbocycles. The van der Waals surface area contributed by atoms with Crippen molar-refractivity contribution in [3.05, 3.63) is 59.4 Å². The Bertz CT molecular complexity index is 868. The van der Waals surface area contributed by atoms with Crippen molar-refractivity contribution in [3.8, 4) is 11.5 Å². The van der Waals surface area contributed by atoms with Gasteiger partial charge in [-0.05, 0) is 42.5 Å². The van der Waals surface area contributed by atoms with Crippen molar-refractivity contribution in [2.45, 2.75) is 6.42 Å². The Hall–Kier alpha value is -3.62. The van der Waals surface area contributed by atoms with E-state index in [9.17, 15) is 14.0 Å². The standard InChI is InChI=1S/C19H20FN3O5/c1-26-15-8-5-13(11-16(15)27-2)19(25)22-10-9-17(24)28-23-18(21)12-3-6-14(20)7-4-12/h3-8,11H,9-10H2,1-2H3,(H2,21,23)(H,22,25). The van der Waals surface area contributed by atoms with Gasteiger partial charge in [0, 0.05) is 17.7 Å². The second-order valence-corrected chi connectivity index (χ2v) is 5.52. The van der Waals surface area contributed by atoms with Crippen LogP contribution in [0.25, 0.3) is 0 Å². The van der Waals surface area contributed by atoms with E-state index in [1.165, 1.54) is 44.6 Å². The molecule has 0 aromatic heterocycles. The van der Waals surface area contributed by atoms with Crippen LogP contribution in [0.1, 0.15) is 22.3 Å². The van der Waals surface area contributed by atoms with Crippen LogP contribution in [0.2, 0.25) is 0 Å². The number of hydrogen-bond donors (Lipinski definition) is 2. The number of oxime groups is 1. The predicted octanol–water partition coefficient (Wildman–Crippen LogP) is 1.83. The Kier molecular flexibility index (Phi) is 7.32. The van der Waals surface area contributed by atoms with Gasteiger partial charge in [-0.25, -0.2) is 9.18 Å². The van der Waals surface area contributed by atoms with Gasteiger partial charge in [-0.2, -0.15) is 0 Å². The Labute approximate surface area is 161 Å². The number of carbonyl (C=O) groups excluding carboxylic acids is 2. The smallest absolute Gasteiger partial charge is 0.336 e. The van der Waals surface area contributed by atoms with Crippen molar-refractivity contribution in [2.75, 3.05) is 20.8 Å². The van der Waals surface area contributed by atoms with E-state index in [2.05, 4.69) is 15.3 Å². The SMILES string of the molecule is COc1ccc(C(=O)NCCC(=O)O/N=C(\N)c2ccc(F)cc2)cc1OC. The molecule has 0 aliphatic rings. The second-order valence-electron chi connectivity index (χ2n) is 5.52. The highest BCUT2D eigenvalue weighted by Crippen LogP contribution is 2.27. The van der Waals surface area contributed by atoms with Gasteiger partial charge in [0.2, 0.25) is 0 Å². The summed E-state index contributed by atoms with van der Waals surface area (Å²) in [5.74, 6) is -0.637. The van der Waals surface area contributed by atoms with Crippen molar-refractivity contribution in [1.29, 1.82) is 0 Å². The van der Waals surface area contributed by atoms with Crippen LogP contribution in [0.4, 0.5) is 4.39 Å². The van der Waals surface area contributed by atoms with E-state index in [0.717, 1.165) is 0 Å². The summed E-state index contributed by atoms with van der Waals surface area (Å²) in [7, 11) is 2.96. The van der Waals surface area contributed by atoms with Gasteiger partial charge in [0.15, 0.2) is 17.3 Å². The predicted molar refractivity (Wildman–Crippen MR) is 99.7 cm³/mol. The molecule has 28 heavy (non-hydrogen) atoms. The Morgan fingerprint density at radius 1 is 1.04 bits per heavy atom. The van der Waals surface area contributed by atoms with Crippen LogP contribution in [0.5, 0.6) is 11.5 Å². The fourth-order valence-corrected chi connectivity index (χ4v) is 2.18. The second kappa shape index (κ2) is 9.91. The maximum atomic E-state index is 12.9. The summed E-state index contributed by atoms with van der Waals surface area (Å²) in [6.07, 6.45) is -0.112. The molecular formula is C19H20FN3O5. The lowest BCUT2D eigenvalue weighted by atomic mass is 10.2. The molecule has 2 rings (SSSR count). The third-order valence-electron chi connectivity index (χ3n) is 3.65. The summed E-state index contributed by atoms with van der Waals surface area (Å²) < 4.78 is 23.1. The lowest BCUT2D eigenvalue weighted by molar-refractivity contribution is -0.143. The largest absolute Gasteiger partial charge is 0.493 e. The molecule has 9 heteroatoms. The van der Waals surface area contributed by atoms with Crippen molar-refractivity contribution in [2.24, 2.45) is 10.9 Å². The number of hydrogen-bond acceptors (Lipinski definition) is 6. The molecule has 2 aromatic carbocycles. The van der Waals surface area contributed by atoms with Crippen LogP contribution < -0.4 is 20.5 Å². The minimum absolute atomic E-state index is 0.0397. The molecule has 8 nitrogen and oxygen atoms in total. The fourth-order valence-electron chi connectivity index (χ4n) is 2.18. The third-order valence-corrected chi connectivity index (χ3v) is 3.65. The highest BCUT2D eigenvalue weighted by Gasteiger charge is 2.11. The molecule has 0 heterocycles. The molecule has 0 bridgehead atoms. The van der Waals surface area contributed by atoms with Crippen LogP contribution >= 0.6 is 0 Å². The molecule has 148 valence electrons. The molecule has 0 unspecified atom stereocenters. The summed E-state index contributed by atoms with van der Waals surface area (Å²) in [6, 6.07) is 9.95. The number of amidine groups is 1. The number of ether oxygens (including phenoxy) is 2. The maximum absolute atomic E-state index is 12.9. The van der Waals surface area contributed by atoms with Crippen LogP contribution in [-0.2, 0) is 9.63 Å². The third kappa shape index (κ3) is 5.70. The fraction of sp³-hybridized carbons (Fsp3) is 0.211. The van der Waals surface area contributed by atoms with Gasteiger partial charge < -0.3 is 25.4 Å². The van der Waals surface area contributed by atoms with Gasteiger partial charge in [-0.15, -0.1) is 0 Å². The highest BCUT2D eigenvalue weighted by molar-refractivity contribution is 5.97. The molecule has 0 radical (unpaired) electrons. The van der Waals surface area contributed by atoms with Crippen LogP contribution in [0.15, 0.2) is 47.6 Å². The average molecular weight is 389 g/mol. The zero-order valence-corrected chi connectivity index (χ0v) is 15.4. The van der Waals surface area contributed by atoms with E-state index < -0.39 is 11.8 Å². The van der Waals surface area contributed by atoms with E-state index in [-0.39, 0.29) is 24.7 Å². The topological polar surface area (TPSA) is 112 Å². The maximum Gasteiger partial charge on any atom is 0.336 e. The average Bonchev–Trinajstić information content (AvgIpc) is 2.71. The molecule has 1 amide bonds. The van der Waals surface area contributed by atoms with Crippen molar-refractivity contribution < 1.29 is 28.3 Å².